The Bertz CT molecular complexity index is 1140. The van der Waals surface area contributed by atoms with Crippen LogP contribution in [0, 0.1) is 6.92 Å². The third kappa shape index (κ3) is 3.17. The van der Waals surface area contributed by atoms with Crippen molar-refractivity contribution in [3.8, 4) is 17.0 Å². The van der Waals surface area contributed by atoms with E-state index in [1.807, 2.05) is 6.92 Å². The second-order valence-corrected chi connectivity index (χ2v) is 8.50. The van der Waals surface area contributed by atoms with Crippen LogP contribution in [0.3, 0.4) is 0 Å². The number of phenolic OH excluding ortho intramolecular Hbond substituents is 1. The molecule has 6 nitrogen and oxygen atoms in total. The summed E-state index contributed by atoms with van der Waals surface area (Å²) in [5, 5.41) is 18.9. The Morgan fingerprint density at radius 3 is 2.52 bits per heavy atom. The molecule has 2 aliphatic heterocycles. The van der Waals surface area contributed by atoms with Gasteiger partial charge >= 0.3 is 6.18 Å². The summed E-state index contributed by atoms with van der Waals surface area (Å²) in [6, 6.07) is 4.30. The number of hydrogen-bond acceptors (Lipinski definition) is 5. The molecule has 5 rings (SSSR count). The third-order valence-corrected chi connectivity index (χ3v) is 6.96. The first kappa shape index (κ1) is 20.2. The number of nitrogens with zero attached hydrogens (tertiary/aromatic N) is 5. The number of phenols is 1. The van der Waals surface area contributed by atoms with Crippen molar-refractivity contribution in [3.63, 3.8) is 0 Å². The number of piperidine rings is 1. The van der Waals surface area contributed by atoms with E-state index >= 15 is 0 Å². The lowest BCUT2D eigenvalue weighted by molar-refractivity contribution is -0.137. The molecule has 31 heavy (non-hydrogen) atoms. The lowest BCUT2D eigenvalue weighted by Gasteiger charge is -2.40. The van der Waals surface area contributed by atoms with Gasteiger partial charge in [-0.1, -0.05) is 6.92 Å². The van der Waals surface area contributed by atoms with E-state index in [0.29, 0.717) is 34.5 Å². The van der Waals surface area contributed by atoms with Crippen LogP contribution in [-0.2, 0) is 6.18 Å². The topological polar surface area (TPSA) is 67.1 Å². The molecule has 1 aromatic carbocycles. The molecule has 0 unspecified atom stereocenters. The predicted molar refractivity (Wildman–Crippen MR) is 110 cm³/mol. The number of imidazole rings is 1. The Morgan fingerprint density at radius 2 is 1.84 bits per heavy atom. The van der Waals surface area contributed by atoms with Crippen molar-refractivity contribution in [2.45, 2.75) is 63.8 Å². The van der Waals surface area contributed by atoms with Gasteiger partial charge in [0.2, 0.25) is 0 Å². The van der Waals surface area contributed by atoms with Gasteiger partial charge in [-0.25, -0.2) is 4.98 Å². The van der Waals surface area contributed by atoms with Crippen molar-refractivity contribution in [3.05, 3.63) is 35.7 Å². The van der Waals surface area contributed by atoms with Crippen molar-refractivity contribution in [1.82, 2.24) is 24.6 Å². The Balaban J connectivity index is 1.54. The zero-order valence-corrected chi connectivity index (χ0v) is 17.4. The Labute approximate surface area is 177 Å². The van der Waals surface area contributed by atoms with Crippen LogP contribution in [-0.4, -0.2) is 48.4 Å². The van der Waals surface area contributed by atoms with E-state index in [4.69, 9.17) is 0 Å². The highest BCUT2D eigenvalue weighted by Gasteiger charge is 2.42. The monoisotopic (exact) mass is 431 g/mol. The lowest BCUT2D eigenvalue weighted by Crippen LogP contribution is -2.45. The van der Waals surface area contributed by atoms with Crippen LogP contribution in [0.4, 0.5) is 13.2 Å². The summed E-state index contributed by atoms with van der Waals surface area (Å²) >= 11 is 0. The molecule has 2 saturated heterocycles. The van der Waals surface area contributed by atoms with Gasteiger partial charge in [0.1, 0.15) is 17.0 Å². The van der Waals surface area contributed by atoms with Crippen LogP contribution in [0.15, 0.2) is 24.5 Å². The molecule has 2 bridgehead atoms. The Morgan fingerprint density at radius 1 is 1.10 bits per heavy atom. The lowest BCUT2D eigenvalue weighted by atomic mass is 9.97. The molecule has 4 heterocycles. The summed E-state index contributed by atoms with van der Waals surface area (Å²) in [5.41, 5.74) is 1.67. The van der Waals surface area contributed by atoms with Gasteiger partial charge in [0.25, 0.3) is 0 Å². The molecular formula is C22H24F3N5O. The quantitative estimate of drug-likeness (QED) is 0.650. The number of hydrogen-bond donors (Lipinski definition) is 1. The Hall–Kier alpha value is -2.68. The summed E-state index contributed by atoms with van der Waals surface area (Å²) < 4.78 is 40.9. The van der Waals surface area contributed by atoms with Crippen LogP contribution in [0.5, 0.6) is 5.75 Å². The highest BCUT2D eigenvalue weighted by molar-refractivity contribution is 5.83. The van der Waals surface area contributed by atoms with Crippen molar-refractivity contribution >= 4 is 11.2 Å². The number of fused-ring (bicyclic) bond motifs is 3. The fourth-order valence-corrected chi connectivity index (χ4v) is 5.47. The molecule has 0 aliphatic carbocycles. The normalized spacial score (nSPS) is 24.2. The van der Waals surface area contributed by atoms with Crippen LogP contribution < -0.4 is 0 Å². The van der Waals surface area contributed by atoms with E-state index in [9.17, 15) is 18.3 Å². The summed E-state index contributed by atoms with van der Waals surface area (Å²) in [4.78, 5) is 7.16. The zero-order valence-electron chi connectivity index (χ0n) is 17.4. The van der Waals surface area contributed by atoms with Gasteiger partial charge in [0, 0.05) is 23.2 Å². The largest absolute Gasteiger partial charge is 0.507 e. The molecular weight excluding hydrogens is 407 g/mol. The van der Waals surface area contributed by atoms with Gasteiger partial charge in [-0.05, 0) is 57.4 Å². The van der Waals surface area contributed by atoms with Gasteiger partial charge in [0.15, 0.2) is 5.65 Å². The number of halogens is 3. The number of alkyl halides is 3. The number of benzene rings is 1. The van der Waals surface area contributed by atoms with Crippen molar-refractivity contribution in [1.29, 1.82) is 0 Å². The number of aryl methyl sites for hydroxylation is 1. The van der Waals surface area contributed by atoms with Crippen molar-refractivity contribution in [2.75, 3.05) is 6.54 Å². The van der Waals surface area contributed by atoms with Crippen LogP contribution >= 0.6 is 0 Å². The van der Waals surface area contributed by atoms with Crippen LogP contribution in [0.25, 0.3) is 22.4 Å². The van der Waals surface area contributed by atoms with Gasteiger partial charge in [0.05, 0.1) is 17.9 Å². The molecule has 0 saturated carbocycles. The van der Waals surface area contributed by atoms with E-state index in [2.05, 4.69) is 31.6 Å². The summed E-state index contributed by atoms with van der Waals surface area (Å²) in [7, 11) is 0. The molecule has 3 aromatic rings. The zero-order chi connectivity index (χ0) is 21.9. The van der Waals surface area contributed by atoms with E-state index in [-0.39, 0.29) is 11.6 Å². The molecule has 0 spiro atoms. The second-order valence-electron chi connectivity index (χ2n) is 8.50. The highest BCUT2D eigenvalue weighted by Crippen LogP contribution is 2.43. The minimum atomic E-state index is -4.52. The molecule has 0 radical (unpaired) electrons. The minimum absolute atomic E-state index is 0.211. The fraction of sp³-hybridized carbons (Fsp3) is 0.500. The first-order chi connectivity index (χ1) is 14.8. The third-order valence-electron chi connectivity index (χ3n) is 6.96. The molecule has 2 aliphatic rings. The van der Waals surface area contributed by atoms with E-state index in [0.717, 1.165) is 37.9 Å². The van der Waals surface area contributed by atoms with Gasteiger partial charge < -0.3 is 9.67 Å². The highest BCUT2D eigenvalue weighted by atomic mass is 19.4. The Kier molecular flexibility index (Phi) is 4.69. The summed E-state index contributed by atoms with van der Waals surface area (Å²) in [5.74, 6) is -0.478. The molecule has 2 aromatic heterocycles. The number of likely N-dealkylation sites (N-methyl/N-ethyl adjacent to an activating group) is 1. The minimum Gasteiger partial charge on any atom is -0.507 e. The first-order valence-electron chi connectivity index (χ1n) is 10.7. The maximum Gasteiger partial charge on any atom is 0.416 e. The van der Waals surface area contributed by atoms with Gasteiger partial charge in [-0.3, -0.25) is 4.90 Å². The van der Waals surface area contributed by atoms with E-state index in [1.165, 1.54) is 12.5 Å². The maximum atomic E-state index is 12.9. The molecule has 2 fully saturated rings. The molecule has 1 N–H and O–H groups in total. The summed E-state index contributed by atoms with van der Waals surface area (Å²) in [6.45, 7) is 5.04. The summed E-state index contributed by atoms with van der Waals surface area (Å²) in [6.07, 6.45) is 1.89. The average molecular weight is 431 g/mol. The van der Waals surface area contributed by atoms with Crippen LogP contribution in [0.1, 0.15) is 49.8 Å². The first-order valence-corrected chi connectivity index (χ1v) is 10.7. The van der Waals surface area contributed by atoms with Gasteiger partial charge in [-0.2, -0.15) is 13.2 Å². The van der Waals surface area contributed by atoms with Crippen molar-refractivity contribution in [2.24, 2.45) is 0 Å². The van der Waals surface area contributed by atoms with E-state index < -0.39 is 17.5 Å². The number of aromatic hydroxyl groups is 1. The van der Waals surface area contributed by atoms with Crippen molar-refractivity contribution < 1.29 is 18.3 Å². The fourth-order valence-electron chi connectivity index (χ4n) is 5.47. The smallest absolute Gasteiger partial charge is 0.416 e. The SMILES string of the molecule is CCN1[C@H]2CC[C@@H]1[C@H](n1cnc3c(C)c(-c4ccc(C(F)(F)F)cc4O)nnc31)CC2. The standard InChI is InChI=1S/C22H24F3N5O/c1-3-29-14-5-8-16(29)17(9-6-14)30-11-26-20-12(2)19(27-28-21(20)30)15-7-4-13(10-18(15)31)22(23,24)25/h4,7,10-11,14,16-17,31H,3,5-6,8-9H2,1-2H3/t14-,16+,17+/m0/s1. The predicted octanol–water partition coefficient (Wildman–Crippen LogP) is 4.71. The number of rotatable bonds is 3. The average Bonchev–Trinajstić information content (AvgIpc) is 3.28. The van der Waals surface area contributed by atoms with Gasteiger partial charge in [-0.15, -0.1) is 10.2 Å². The number of aromatic nitrogens is 4. The van der Waals surface area contributed by atoms with Crippen LogP contribution in [0.2, 0.25) is 0 Å². The second kappa shape index (κ2) is 7.19. The molecule has 3 atom stereocenters. The van der Waals surface area contributed by atoms with E-state index in [1.54, 1.807) is 6.33 Å². The molecule has 9 heteroatoms. The molecule has 164 valence electrons. The maximum absolute atomic E-state index is 12.9. The molecule has 0 amide bonds.